The van der Waals surface area contributed by atoms with E-state index in [4.69, 9.17) is 0 Å². The van der Waals surface area contributed by atoms with Crippen molar-refractivity contribution in [3.05, 3.63) is 33.4 Å². The first-order valence-electron chi connectivity index (χ1n) is 4.85. The van der Waals surface area contributed by atoms with Crippen LogP contribution in [0, 0.1) is 6.92 Å². The van der Waals surface area contributed by atoms with Crippen LogP contribution in [0.4, 0.5) is 0 Å². The molecule has 0 radical (unpaired) electrons. The van der Waals surface area contributed by atoms with Crippen LogP contribution in [0.3, 0.4) is 0 Å². The molecule has 5 heteroatoms. The molecule has 0 spiro atoms. The lowest BCUT2D eigenvalue weighted by Gasteiger charge is -2.07. The highest BCUT2D eigenvalue weighted by Gasteiger charge is 2.10. The molecule has 1 N–H and O–H groups in total. The lowest BCUT2D eigenvalue weighted by Crippen LogP contribution is -2.00. The van der Waals surface area contributed by atoms with Gasteiger partial charge in [-0.05, 0) is 41.9 Å². The first-order chi connectivity index (χ1) is 7.58. The summed E-state index contributed by atoms with van der Waals surface area (Å²) in [7, 11) is 0. The Hall–Kier alpha value is -0.780. The van der Waals surface area contributed by atoms with Crippen molar-refractivity contribution in [3.8, 4) is 10.7 Å². The van der Waals surface area contributed by atoms with Gasteiger partial charge in [0.1, 0.15) is 0 Å². The minimum absolute atomic E-state index is 0.524. The number of halogens is 1. The Balaban J connectivity index is 2.42. The number of aryl methyl sites for hydroxylation is 1. The van der Waals surface area contributed by atoms with E-state index in [0.29, 0.717) is 5.82 Å². The van der Waals surface area contributed by atoms with Crippen molar-refractivity contribution < 1.29 is 5.11 Å². The maximum atomic E-state index is 9.49. The second kappa shape index (κ2) is 4.61. The number of nitrogens with zero attached hydrogens (tertiary/aromatic N) is 2. The summed E-state index contributed by atoms with van der Waals surface area (Å²) in [6.07, 6.45) is 1.17. The van der Waals surface area contributed by atoms with Crippen molar-refractivity contribution in [1.82, 2.24) is 9.97 Å². The van der Waals surface area contributed by atoms with Crippen LogP contribution < -0.4 is 0 Å². The number of rotatable bonds is 2. The van der Waals surface area contributed by atoms with Crippen molar-refractivity contribution >= 4 is 27.3 Å². The van der Waals surface area contributed by atoms with Gasteiger partial charge in [0, 0.05) is 17.5 Å². The summed E-state index contributed by atoms with van der Waals surface area (Å²) in [5, 5.41) is 9.49. The van der Waals surface area contributed by atoms with E-state index in [-0.39, 0.29) is 0 Å². The number of aliphatic hydroxyl groups is 1. The van der Waals surface area contributed by atoms with E-state index in [2.05, 4.69) is 25.9 Å². The van der Waals surface area contributed by atoms with Gasteiger partial charge in [-0.25, -0.2) is 9.97 Å². The Bertz CT molecular complexity index is 510. The molecule has 2 heterocycles. The number of hydrogen-bond acceptors (Lipinski definition) is 4. The molecule has 2 aromatic rings. The van der Waals surface area contributed by atoms with Crippen molar-refractivity contribution in [2.24, 2.45) is 0 Å². The summed E-state index contributed by atoms with van der Waals surface area (Å²) in [6, 6.07) is 3.95. The molecule has 0 aliphatic carbocycles. The van der Waals surface area contributed by atoms with E-state index in [1.54, 1.807) is 24.5 Å². The Morgan fingerprint density at radius 2 is 2.19 bits per heavy atom. The summed E-state index contributed by atoms with van der Waals surface area (Å²) in [6.45, 7) is 3.60. The van der Waals surface area contributed by atoms with Gasteiger partial charge in [-0.3, -0.25) is 0 Å². The molecule has 2 rings (SSSR count). The SMILES string of the molecule is Cc1nc(-c2ccc(Br)s2)ncc1[C@@H](C)O. The molecule has 1 atom stereocenters. The maximum Gasteiger partial charge on any atom is 0.169 e. The Morgan fingerprint density at radius 1 is 1.44 bits per heavy atom. The fraction of sp³-hybridized carbons (Fsp3) is 0.273. The predicted molar refractivity (Wildman–Crippen MR) is 68.4 cm³/mol. The zero-order valence-electron chi connectivity index (χ0n) is 8.94. The molecule has 3 nitrogen and oxygen atoms in total. The van der Waals surface area contributed by atoms with Gasteiger partial charge in [0.2, 0.25) is 0 Å². The van der Waals surface area contributed by atoms with Gasteiger partial charge in [0.05, 0.1) is 14.8 Å². The lowest BCUT2D eigenvalue weighted by molar-refractivity contribution is 0.197. The van der Waals surface area contributed by atoms with Crippen molar-refractivity contribution in [1.29, 1.82) is 0 Å². The van der Waals surface area contributed by atoms with Crippen LogP contribution in [0.25, 0.3) is 10.7 Å². The van der Waals surface area contributed by atoms with E-state index >= 15 is 0 Å². The molecule has 0 saturated carbocycles. The molecule has 0 fully saturated rings. The fourth-order valence-electron chi connectivity index (χ4n) is 1.44. The highest BCUT2D eigenvalue weighted by molar-refractivity contribution is 9.11. The zero-order chi connectivity index (χ0) is 11.7. The topological polar surface area (TPSA) is 46.0 Å². The number of aliphatic hydroxyl groups excluding tert-OH is 1. The average Bonchev–Trinajstić information content (AvgIpc) is 2.64. The maximum absolute atomic E-state index is 9.49. The molecule has 0 aliphatic heterocycles. The second-order valence-electron chi connectivity index (χ2n) is 3.51. The van der Waals surface area contributed by atoms with Crippen LogP contribution in [0.15, 0.2) is 22.1 Å². The summed E-state index contributed by atoms with van der Waals surface area (Å²) in [5.41, 5.74) is 1.60. The molecule has 0 aliphatic rings. The Labute approximate surface area is 106 Å². The van der Waals surface area contributed by atoms with Crippen LogP contribution in [-0.4, -0.2) is 15.1 Å². The van der Waals surface area contributed by atoms with E-state index in [9.17, 15) is 5.11 Å². The third-order valence-electron chi connectivity index (χ3n) is 2.26. The van der Waals surface area contributed by atoms with Gasteiger partial charge in [-0.1, -0.05) is 0 Å². The highest BCUT2D eigenvalue weighted by Crippen LogP contribution is 2.29. The highest BCUT2D eigenvalue weighted by atomic mass is 79.9. The minimum atomic E-state index is -0.524. The molecule has 16 heavy (non-hydrogen) atoms. The molecule has 0 unspecified atom stereocenters. The van der Waals surface area contributed by atoms with Crippen LogP contribution in [0.1, 0.15) is 24.3 Å². The fourth-order valence-corrected chi connectivity index (χ4v) is 2.77. The van der Waals surface area contributed by atoms with Gasteiger partial charge in [0.25, 0.3) is 0 Å². The van der Waals surface area contributed by atoms with Gasteiger partial charge < -0.3 is 5.11 Å². The number of thiophene rings is 1. The summed E-state index contributed by atoms with van der Waals surface area (Å²) in [5.74, 6) is 0.706. The molecular formula is C11H11BrN2OS. The van der Waals surface area contributed by atoms with Crippen LogP contribution in [0.5, 0.6) is 0 Å². The standard InChI is InChI=1S/C11H11BrN2OS/c1-6-8(7(2)15)5-13-11(14-6)9-3-4-10(12)16-9/h3-5,7,15H,1-2H3/t7-/m1/s1. The van der Waals surface area contributed by atoms with Crippen LogP contribution in [0.2, 0.25) is 0 Å². The van der Waals surface area contributed by atoms with E-state index < -0.39 is 6.10 Å². The molecule has 0 aromatic carbocycles. The van der Waals surface area contributed by atoms with Gasteiger partial charge in [0.15, 0.2) is 5.82 Å². The van der Waals surface area contributed by atoms with Gasteiger partial charge >= 0.3 is 0 Å². The van der Waals surface area contributed by atoms with Gasteiger partial charge in [-0.2, -0.15) is 0 Å². The van der Waals surface area contributed by atoms with Gasteiger partial charge in [-0.15, -0.1) is 11.3 Å². The van der Waals surface area contributed by atoms with Crippen LogP contribution in [-0.2, 0) is 0 Å². The second-order valence-corrected chi connectivity index (χ2v) is 5.98. The molecule has 84 valence electrons. The van der Waals surface area contributed by atoms with Crippen LogP contribution >= 0.6 is 27.3 Å². The van der Waals surface area contributed by atoms with E-state index in [1.807, 2.05) is 19.1 Å². The minimum Gasteiger partial charge on any atom is -0.389 e. The quantitative estimate of drug-likeness (QED) is 0.925. The molecular weight excluding hydrogens is 288 g/mol. The lowest BCUT2D eigenvalue weighted by atomic mass is 10.1. The monoisotopic (exact) mass is 298 g/mol. The normalized spacial score (nSPS) is 12.8. The van der Waals surface area contributed by atoms with E-state index in [0.717, 1.165) is 19.9 Å². The first kappa shape index (κ1) is 11.7. The first-order valence-corrected chi connectivity index (χ1v) is 6.46. The largest absolute Gasteiger partial charge is 0.389 e. The predicted octanol–water partition coefficient (Wildman–Crippen LogP) is 3.33. The smallest absolute Gasteiger partial charge is 0.169 e. The third-order valence-corrected chi connectivity index (χ3v) is 3.88. The zero-order valence-corrected chi connectivity index (χ0v) is 11.3. The molecule has 0 amide bonds. The molecule has 0 saturated heterocycles. The third kappa shape index (κ3) is 2.31. The molecule has 2 aromatic heterocycles. The Morgan fingerprint density at radius 3 is 2.69 bits per heavy atom. The summed E-state index contributed by atoms with van der Waals surface area (Å²) < 4.78 is 1.06. The van der Waals surface area contributed by atoms with E-state index in [1.165, 1.54) is 0 Å². The summed E-state index contributed by atoms with van der Waals surface area (Å²) in [4.78, 5) is 9.68. The number of aromatic nitrogens is 2. The van der Waals surface area contributed by atoms with Crippen molar-refractivity contribution in [2.75, 3.05) is 0 Å². The van der Waals surface area contributed by atoms with Crippen molar-refractivity contribution in [3.63, 3.8) is 0 Å². The Kier molecular flexibility index (Phi) is 3.37. The number of hydrogen-bond donors (Lipinski definition) is 1. The summed E-state index contributed by atoms with van der Waals surface area (Å²) >= 11 is 5.00. The van der Waals surface area contributed by atoms with Crippen molar-refractivity contribution in [2.45, 2.75) is 20.0 Å². The average molecular weight is 299 g/mol. The molecule has 0 bridgehead atoms.